The number of carbonyl (C=O) groups is 1. The molecule has 0 fully saturated rings. The number of unbranched alkanes of at least 4 members (excludes halogenated alkanes) is 1. The molecule has 0 saturated carbocycles. The van der Waals surface area contributed by atoms with Crippen molar-refractivity contribution in [1.29, 1.82) is 0 Å². The molecule has 1 atom stereocenters. The summed E-state index contributed by atoms with van der Waals surface area (Å²) in [6, 6.07) is 25.5. The third-order valence-corrected chi connectivity index (χ3v) is 4.80. The van der Waals surface area contributed by atoms with Crippen molar-refractivity contribution in [2.24, 2.45) is 0 Å². The highest BCUT2D eigenvalue weighted by Crippen LogP contribution is 2.26. The Balaban J connectivity index is 1.64. The van der Waals surface area contributed by atoms with E-state index >= 15 is 0 Å². The fraction of sp³-hybridized carbons (Fsp3) is 0.269. The Morgan fingerprint density at radius 3 is 2.23 bits per heavy atom. The van der Waals surface area contributed by atoms with Gasteiger partial charge >= 0.3 is 0 Å². The van der Waals surface area contributed by atoms with E-state index in [4.69, 9.17) is 9.47 Å². The number of ether oxygens (including phenoxy) is 2. The van der Waals surface area contributed by atoms with E-state index < -0.39 is 6.10 Å². The summed E-state index contributed by atoms with van der Waals surface area (Å²) in [5, 5.41) is 2.96. The van der Waals surface area contributed by atoms with Crippen LogP contribution in [0.15, 0.2) is 78.9 Å². The molecule has 0 aliphatic rings. The van der Waals surface area contributed by atoms with Gasteiger partial charge in [-0.1, -0.05) is 74.9 Å². The SMILES string of the molecule is CCCCOc1ccccc1NC(=O)C(CC)Oc1ccc(-c2ccccc2)cc1. The van der Waals surface area contributed by atoms with Crippen LogP contribution in [-0.4, -0.2) is 18.6 Å². The summed E-state index contributed by atoms with van der Waals surface area (Å²) in [6.07, 6.45) is 2.01. The van der Waals surface area contributed by atoms with Crippen molar-refractivity contribution in [3.63, 3.8) is 0 Å². The van der Waals surface area contributed by atoms with E-state index in [0.717, 1.165) is 24.0 Å². The van der Waals surface area contributed by atoms with Crippen LogP contribution >= 0.6 is 0 Å². The highest BCUT2D eigenvalue weighted by molar-refractivity contribution is 5.95. The van der Waals surface area contributed by atoms with Crippen LogP contribution in [0.2, 0.25) is 0 Å². The number of anilines is 1. The summed E-state index contributed by atoms with van der Waals surface area (Å²) in [6.45, 7) is 4.68. The topological polar surface area (TPSA) is 47.6 Å². The van der Waals surface area contributed by atoms with Gasteiger partial charge in [-0.3, -0.25) is 4.79 Å². The molecule has 0 aliphatic heterocycles. The molecule has 0 aliphatic carbocycles. The Morgan fingerprint density at radius 2 is 1.53 bits per heavy atom. The molecule has 3 rings (SSSR count). The third-order valence-electron chi connectivity index (χ3n) is 4.80. The van der Waals surface area contributed by atoms with Crippen molar-refractivity contribution in [1.82, 2.24) is 0 Å². The van der Waals surface area contributed by atoms with Crippen LogP contribution < -0.4 is 14.8 Å². The Morgan fingerprint density at radius 1 is 0.867 bits per heavy atom. The van der Waals surface area contributed by atoms with Gasteiger partial charge in [0.05, 0.1) is 12.3 Å². The fourth-order valence-electron chi connectivity index (χ4n) is 3.08. The summed E-state index contributed by atoms with van der Waals surface area (Å²) in [5.41, 5.74) is 2.92. The molecule has 156 valence electrons. The van der Waals surface area contributed by atoms with Crippen molar-refractivity contribution in [3.05, 3.63) is 78.9 Å². The molecule has 3 aromatic carbocycles. The maximum Gasteiger partial charge on any atom is 0.265 e. The van der Waals surface area contributed by atoms with E-state index in [1.54, 1.807) is 0 Å². The third kappa shape index (κ3) is 5.86. The van der Waals surface area contributed by atoms with E-state index in [0.29, 0.717) is 30.2 Å². The number of rotatable bonds is 10. The van der Waals surface area contributed by atoms with Crippen LogP contribution in [0.3, 0.4) is 0 Å². The molecular formula is C26H29NO3. The maximum absolute atomic E-state index is 12.8. The number of para-hydroxylation sites is 2. The van der Waals surface area contributed by atoms with Crippen molar-refractivity contribution in [2.75, 3.05) is 11.9 Å². The molecule has 0 bridgehead atoms. The van der Waals surface area contributed by atoms with E-state index in [1.165, 1.54) is 0 Å². The molecule has 1 unspecified atom stereocenters. The molecule has 0 aromatic heterocycles. The van der Waals surface area contributed by atoms with Crippen LogP contribution in [0, 0.1) is 0 Å². The zero-order valence-electron chi connectivity index (χ0n) is 17.6. The number of benzene rings is 3. The lowest BCUT2D eigenvalue weighted by Crippen LogP contribution is -2.32. The standard InChI is InChI=1S/C26H29NO3/c1-3-5-19-29-25-14-10-9-13-23(25)27-26(28)24(4-2)30-22-17-15-21(16-18-22)20-11-7-6-8-12-20/h6-18,24H,3-5,19H2,1-2H3,(H,27,28). The highest BCUT2D eigenvalue weighted by atomic mass is 16.5. The van der Waals surface area contributed by atoms with Gasteiger partial charge < -0.3 is 14.8 Å². The van der Waals surface area contributed by atoms with Gasteiger partial charge in [0, 0.05) is 0 Å². The van der Waals surface area contributed by atoms with Gasteiger partial charge in [-0.2, -0.15) is 0 Å². The second-order valence-corrected chi connectivity index (χ2v) is 7.09. The van der Waals surface area contributed by atoms with Crippen molar-refractivity contribution < 1.29 is 14.3 Å². The highest BCUT2D eigenvalue weighted by Gasteiger charge is 2.20. The zero-order valence-corrected chi connectivity index (χ0v) is 17.6. The van der Waals surface area contributed by atoms with E-state index in [-0.39, 0.29) is 5.91 Å². The van der Waals surface area contributed by atoms with Crippen LogP contribution in [0.4, 0.5) is 5.69 Å². The molecule has 4 heteroatoms. The molecule has 0 spiro atoms. The van der Waals surface area contributed by atoms with Crippen LogP contribution in [0.25, 0.3) is 11.1 Å². The summed E-state index contributed by atoms with van der Waals surface area (Å²) in [5.74, 6) is 1.17. The molecule has 0 radical (unpaired) electrons. The lowest BCUT2D eigenvalue weighted by Gasteiger charge is -2.19. The first kappa shape index (κ1) is 21.4. The first-order valence-electron chi connectivity index (χ1n) is 10.6. The maximum atomic E-state index is 12.8. The first-order chi connectivity index (χ1) is 14.7. The number of nitrogens with one attached hydrogen (secondary N) is 1. The second kappa shape index (κ2) is 11.1. The van der Waals surface area contributed by atoms with Crippen molar-refractivity contribution in [3.8, 4) is 22.6 Å². The first-order valence-corrected chi connectivity index (χ1v) is 10.6. The van der Waals surface area contributed by atoms with Crippen LogP contribution in [-0.2, 0) is 4.79 Å². The van der Waals surface area contributed by atoms with Crippen molar-refractivity contribution >= 4 is 11.6 Å². The van der Waals surface area contributed by atoms with Gasteiger partial charge in [-0.25, -0.2) is 0 Å². The molecule has 4 nitrogen and oxygen atoms in total. The van der Waals surface area contributed by atoms with E-state index in [2.05, 4.69) is 24.4 Å². The number of hydrogen-bond donors (Lipinski definition) is 1. The van der Waals surface area contributed by atoms with E-state index in [9.17, 15) is 4.79 Å². The Labute approximate surface area is 178 Å². The number of amides is 1. The largest absolute Gasteiger partial charge is 0.491 e. The molecule has 1 N–H and O–H groups in total. The Hall–Kier alpha value is -3.27. The monoisotopic (exact) mass is 403 g/mol. The Bertz CT molecular complexity index is 923. The molecule has 30 heavy (non-hydrogen) atoms. The van der Waals surface area contributed by atoms with E-state index in [1.807, 2.05) is 73.7 Å². The average Bonchev–Trinajstić information content (AvgIpc) is 2.79. The zero-order chi connectivity index (χ0) is 21.2. The van der Waals surface area contributed by atoms with Gasteiger partial charge in [-0.05, 0) is 48.2 Å². The van der Waals surface area contributed by atoms with Crippen LogP contribution in [0.1, 0.15) is 33.1 Å². The predicted octanol–water partition coefficient (Wildman–Crippen LogP) is 6.33. The lowest BCUT2D eigenvalue weighted by atomic mass is 10.1. The molecular weight excluding hydrogens is 374 g/mol. The minimum atomic E-state index is -0.587. The van der Waals surface area contributed by atoms with Crippen molar-refractivity contribution in [2.45, 2.75) is 39.2 Å². The quantitative estimate of drug-likeness (QED) is 0.402. The Kier molecular flexibility index (Phi) is 7.90. The molecule has 0 heterocycles. The summed E-state index contributed by atoms with van der Waals surface area (Å²) < 4.78 is 11.8. The summed E-state index contributed by atoms with van der Waals surface area (Å²) >= 11 is 0. The smallest absolute Gasteiger partial charge is 0.265 e. The lowest BCUT2D eigenvalue weighted by molar-refractivity contribution is -0.122. The predicted molar refractivity (Wildman–Crippen MR) is 122 cm³/mol. The average molecular weight is 404 g/mol. The second-order valence-electron chi connectivity index (χ2n) is 7.09. The summed E-state index contributed by atoms with van der Waals surface area (Å²) in [7, 11) is 0. The normalized spacial score (nSPS) is 11.5. The minimum absolute atomic E-state index is 0.184. The fourth-order valence-corrected chi connectivity index (χ4v) is 3.08. The molecule has 1 amide bonds. The van der Waals surface area contributed by atoms with Gasteiger partial charge in [0.25, 0.3) is 5.91 Å². The van der Waals surface area contributed by atoms with Gasteiger partial charge in [-0.15, -0.1) is 0 Å². The van der Waals surface area contributed by atoms with Crippen LogP contribution in [0.5, 0.6) is 11.5 Å². The minimum Gasteiger partial charge on any atom is -0.491 e. The summed E-state index contributed by atoms with van der Waals surface area (Å²) in [4.78, 5) is 12.8. The number of hydrogen-bond acceptors (Lipinski definition) is 3. The van der Waals surface area contributed by atoms with Gasteiger partial charge in [0.2, 0.25) is 0 Å². The number of carbonyl (C=O) groups excluding carboxylic acids is 1. The molecule has 3 aromatic rings. The van der Waals surface area contributed by atoms with Gasteiger partial charge in [0.15, 0.2) is 6.10 Å². The van der Waals surface area contributed by atoms with Gasteiger partial charge in [0.1, 0.15) is 11.5 Å². The molecule has 0 saturated heterocycles.